The van der Waals surface area contributed by atoms with Crippen molar-refractivity contribution < 1.29 is 0 Å². The molecule has 0 heterocycles. The number of halogens is 1. The van der Waals surface area contributed by atoms with E-state index in [-0.39, 0.29) is 4.62 Å². The van der Waals surface area contributed by atoms with Crippen molar-refractivity contribution in [1.82, 2.24) is 5.32 Å². The van der Waals surface area contributed by atoms with Gasteiger partial charge >= 0.3 is 0 Å². The molecule has 0 saturated carbocycles. The van der Waals surface area contributed by atoms with Gasteiger partial charge < -0.3 is 5.32 Å². The van der Waals surface area contributed by atoms with E-state index in [0.29, 0.717) is 5.92 Å². The van der Waals surface area contributed by atoms with Gasteiger partial charge in [0.05, 0.1) is 4.62 Å². The summed E-state index contributed by atoms with van der Waals surface area (Å²) in [5.41, 5.74) is 0. The summed E-state index contributed by atoms with van der Waals surface area (Å²) in [5, 5.41) is 3.12. The van der Waals surface area contributed by atoms with Gasteiger partial charge in [0.1, 0.15) is 0 Å². The molecule has 0 bridgehead atoms. The second-order valence-electron chi connectivity index (χ2n) is 2.63. The van der Waals surface area contributed by atoms with Crippen LogP contribution in [0.15, 0.2) is 0 Å². The van der Waals surface area contributed by atoms with Gasteiger partial charge in [-0.05, 0) is 13.0 Å². The van der Waals surface area contributed by atoms with E-state index in [9.17, 15) is 0 Å². The van der Waals surface area contributed by atoms with Gasteiger partial charge in [-0.25, -0.2) is 0 Å². The highest BCUT2D eigenvalue weighted by Crippen LogP contribution is 2.20. The third-order valence-electron chi connectivity index (χ3n) is 2.03. The van der Waals surface area contributed by atoms with Crippen molar-refractivity contribution in [3.63, 3.8) is 0 Å². The molecule has 0 aliphatic rings. The molecule has 0 saturated heterocycles. The lowest BCUT2D eigenvalue weighted by Gasteiger charge is -2.27. The Morgan fingerprint density at radius 3 is 2.33 bits per heavy atom. The molecule has 9 heavy (non-hydrogen) atoms. The van der Waals surface area contributed by atoms with Crippen molar-refractivity contribution in [3.8, 4) is 0 Å². The summed E-state index contributed by atoms with van der Waals surface area (Å²) in [6, 6.07) is 0. The summed E-state index contributed by atoms with van der Waals surface area (Å²) < 4.78 is -0.0885. The van der Waals surface area contributed by atoms with Crippen molar-refractivity contribution >= 4 is 21.8 Å². The van der Waals surface area contributed by atoms with Gasteiger partial charge in [0, 0.05) is 10.2 Å². The second-order valence-corrected chi connectivity index (χ2v) is 5.63. The highest BCUT2D eigenvalue weighted by atomic mass is 35.5. The van der Waals surface area contributed by atoms with Gasteiger partial charge in [-0.15, -0.1) is 11.6 Å². The summed E-state index contributed by atoms with van der Waals surface area (Å²) in [7, 11) is 2.92. The smallest absolute Gasteiger partial charge is 0.0747 e. The largest absolute Gasteiger partial charge is 0.305 e. The predicted octanol–water partition coefficient (Wildman–Crippen LogP) is 0.510. The van der Waals surface area contributed by atoms with Crippen LogP contribution in [-0.4, -0.2) is 21.9 Å². The number of hydrogen-bond donors (Lipinski definition) is 1. The van der Waals surface area contributed by atoms with Crippen LogP contribution in [0.25, 0.3) is 0 Å². The van der Waals surface area contributed by atoms with Crippen LogP contribution < -0.4 is 5.32 Å². The Kier molecular flexibility index (Phi) is 3.78. The van der Waals surface area contributed by atoms with Crippen molar-refractivity contribution in [2.75, 3.05) is 7.05 Å². The quantitative estimate of drug-likeness (QED) is 0.365. The molecule has 0 amide bonds. The minimum atomic E-state index is -0.0885. The fraction of sp³-hybridized carbons (Fsp3) is 1.00. The zero-order chi connectivity index (χ0) is 7.49. The van der Waals surface area contributed by atoms with Gasteiger partial charge in [-0.3, -0.25) is 0 Å². The van der Waals surface area contributed by atoms with Crippen molar-refractivity contribution in [3.05, 3.63) is 0 Å². The first-order valence-corrected chi connectivity index (χ1v) is 4.80. The van der Waals surface area contributed by atoms with Crippen LogP contribution in [-0.2, 0) is 0 Å². The molecular formula is C6H16ClNSi. The Labute approximate surface area is 65.6 Å². The Morgan fingerprint density at radius 1 is 1.78 bits per heavy atom. The average molecular weight is 166 g/mol. The topological polar surface area (TPSA) is 12.0 Å². The normalized spacial score (nSPS) is 21.3. The molecule has 56 valence electrons. The SMILES string of the molecule is CCC(C)C([SiH3])(Cl)NC. The summed E-state index contributed by atoms with van der Waals surface area (Å²) in [6.45, 7) is 4.34. The molecule has 2 unspecified atom stereocenters. The fourth-order valence-corrected chi connectivity index (χ4v) is 1.19. The maximum atomic E-state index is 6.12. The summed E-state index contributed by atoms with van der Waals surface area (Å²) >= 11 is 6.12. The van der Waals surface area contributed by atoms with Crippen LogP contribution in [0.4, 0.5) is 0 Å². The van der Waals surface area contributed by atoms with E-state index in [2.05, 4.69) is 19.2 Å². The Balaban J connectivity index is 3.80. The zero-order valence-electron chi connectivity index (χ0n) is 6.66. The molecule has 0 radical (unpaired) electrons. The molecule has 0 rings (SSSR count). The van der Waals surface area contributed by atoms with Crippen molar-refractivity contribution in [2.45, 2.75) is 24.9 Å². The Bertz CT molecular complexity index is 85.1. The van der Waals surface area contributed by atoms with E-state index >= 15 is 0 Å². The molecule has 0 aliphatic heterocycles. The molecular weight excluding hydrogens is 150 g/mol. The minimum absolute atomic E-state index is 0.0885. The van der Waals surface area contributed by atoms with Gasteiger partial charge in [-0.2, -0.15) is 0 Å². The summed E-state index contributed by atoms with van der Waals surface area (Å²) in [4.78, 5) is 0. The maximum Gasteiger partial charge on any atom is 0.0747 e. The van der Waals surface area contributed by atoms with Crippen LogP contribution in [0.3, 0.4) is 0 Å². The molecule has 2 atom stereocenters. The summed E-state index contributed by atoms with van der Waals surface area (Å²) in [5.74, 6) is 0.579. The van der Waals surface area contributed by atoms with E-state index < -0.39 is 0 Å². The molecule has 1 nitrogen and oxygen atoms in total. The highest BCUT2D eigenvalue weighted by Gasteiger charge is 2.23. The molecule has 0 aromatic heterocycles. The van der Waals surface area contributed by atoms with Crippen LogP contribution in [0.2, 0.25) is 0 Å². The number of alkyl halides is 1. The maximum absolute atomic E-state index is 6.12. The van der Waals surface area contributed by atoms with Gasteiger partial charge in [-0.1, -0.05) is 20.3 Å². The number of nitrogens with one attached hydrogen (secondary N) is 1. The minimum Gasteiger partial charge on any atom is -0.305 e. The van der Waals surface area contributed by atoms with Crippen LogP contribution in [0, 0.1) is 5.92 Å². The van der Waals surface area contributed by atoms with Crippen LogP contribution in [0.5, 0.6) is 0 Å². The first-order chi connectivity index (χ1) is 4.04. The first kappa shape index (κ1) is 9.47. The van der Waals surface area contributed by atoms with E-state index in [0.717, 1.165) is 16.7 Å². The third kappa shape index (κ3) is 2.69. The molecule has 0 fully saturated rings. The number of hydrogen-bond acceptors (Lipinski definition) is 1. The standard InChI is InChI=1S/C6H16ClNSi/c1-4-5(2)6(7,9)8-3/h5,8H,4H2,1-3,9H3. The van der Waals surface area contributed by atoms with Crippen molar-refractivity contribution in [1.29, 1.82) is 0 Å². The Hall–Kier alpha value is 0.467. The van der Waals surface area contributed by atoms with E-state index in [1.165, 1.54) is 0 Å². The monoisotopic (exact) mass is 165 g/mol. The third-order valence-corrected chi connectivity index (χ3v) is 4.07. The molecule has 1 N–H and O–H groups in total. The first-order valence-electron chi connectivity index (χ1n) is 3.42. The molecule has 3 heteroatoms. The lowest BCUT2D eigenvalue weighted by atomic mass is 10.1. The molecule has 0 spiro atoms. The lowest BCUT2D eigenvalue weighted by molar-refractivity contribution is 0.443. The second kappa shape index (κ2) is 3.59. The lowest BCUT2D eigenvalue weighted by Crippen LogP contribution is -2.43. The molecule has 0 aromatic carbocycles. The average Bonchev–Trinajstić information content (AvgIpc) is 1.86. The van der Waals surface area contributed by atoms with Gasteiger partial charge in [0.2, 0.25) is 0 Å². The van der Waals surface area contributed by atoms with Crippen molar-refractivity contribution in [2.24, 2.45) is 5.92 Å². The van der Waals surface area contributed by atoms with Crippen LogP contribution in [0.1, 0.15) is 20.3 Å². The van der Waals surface area contributed by atoms with E-state index in [4.69, 9.17) is 11.6 Å². The number of rotatable bonds is 3. The van der Waals surface area contributed by atoms with E-state index in [1.807, 2.05) is 7.05 Å². The molecule has 0 aliphatic carbocycles. The van der Waals surface area contributed by atoms with Crippen LogP contribution >= 0.6 is 11.6 Å². The molecule has 0 aromatic rings. The van der Waals surface area contributed by atoms with Gasteiger partial charge in [0.25, 0.3) is 0 Å². The predicted molar refractivity (Wildman–Crippen MR) is 47.0 cm³/mol. The summed E-state index contributed by atoms with van der Waals surface area (Å²) in [6.07, 6.45) is 1.15. The van der Waals surface area contributed by atoms with E-state index in [1.54, 1.807) is 0 Å². The zero-order valence-corrected chi connectivity index (χ0v) is 9.42. The highest BCUT2D eigenvalue weighted by molar-refractivity contribution is 6.44. The van der Waals surface area contributed by atoms with Gasteiger partial charge in [0.15, 0.2) is 0 Å². The fourth-order valence-electron chi connectivity index (χ4n) is 0.630. The Morgan fingerprint density at radius 2 is 2.22 bits per heavy atom.